The summed E-state index contributed by atoms with van der Waals surface area (Å²) in [6, 6.07) is 117. The van der Waals surface area contributed by atoms with E-state index in [-0.39, 0.29) is 0 Å². The van der Waals surface area contributed by atoms with Crippen LogP contribution in [0.2, 0.25) is 0 Å². The SMILES string of the molecule is Cc1cccc2cc3c(ccc4c(-c5cccc6c5ccc5cc7c(-c8cccc9c8ccc8cc%10c(-c%11cccc%12c%11ccc%11cc%13c(-c%14cccc%15c%14ccc%14cc%16ccccc%16cc%14%15)cccc%13cc%11%12)cccc%10cc89)cccc7cc56)cccc43)cc12. The molecule has 0 amide bonds. The maximum absolute atomic E-state index is 2.43. The molecule has 0 radical (unpaired) electrons. The van der Waals surface area contributed by atoms with Gasteiger partial charge in [-0.3, -0.25) is 0 Å². The maximum Gasteiger partial charge on any atom is -0.00987 e. The van der Waals surface area contributed by atoms with Crippen LogP contribution in [0.15, 0.2) is 309 Å². The van der Waals surface area contributed by atoms with Crippen LogP contribution in [0.5, 0.6) is 0 Å². The Labute approximate surface area is 524 Å². The third-order valence-electron chi connectivity index (χ3n) is 20.6. The Hall–Kier alpha value is -11.7. The number of aryl methyl sites for hydroxylation is 1. The van der Waals surface area contributed by atoms with Crippen molar-refractivity contribution in [1.82, 2.24) is 0 Å². The lowest BCUT2D eigenvalue weighted by Crippen LogP contribution is -1.89. The van der Waals surface area contributed by atoms with Crippen molar-refractivity contribution in [3.8, 4) is 44.5 Å². The van der Waals surface area contributed by atoms with Gasteiger partial charge >= 0.3 is 0 Å². The Kier molecular flexibility index (Phi) is 10.6. The molecule has 0 spiro atoms. The molecule has 0 heteroatoms. The lowest BCUT2D eigenvalue weighted by atomic mass is 9.87. The van der Waals surface area contributed by atoms with E-state index in [9.17, 15) is 0 Å². The molecule has 0 saturated carbocycles. The maximum atomic E-state index is 2.43. The van der Waals surface area contributed by atoms with Crippen LogP contribution < -0.4 is 0 Å². The van der Waals surface area contributed by atoms with E-state index in [1.807, 2.05) is 0 Å². The summed E-state index contributed by atoms with van der Waals surface area (Å²) in [7, 11) is 0. The van der Waals surface area contributed by atoms with Crippen LogP contribution in [-0.2, 0) is 0 Å². The number of rotatable bonds is 4. The van der Waals surface area contributed by atoms with Gasteiger partial charge in [0.05, 0.1) is 0 Å². The van der Waals surface area contributed by atoms with Crippen LogP contribution in [0.4, 0.5) is 0 Å². The lowest BCUT2D eigenvalue weighted by Gasteiger charge is -2.16. The summed E-state index contributed by atoms with van der Waals surface area (Å²) >= 11 is 0. The van der Waals surface area contributed by atoms with Crippen molar-refractivity contribution in [1.29, 1.82) is 0 Å². The summed E-state index contributed by atoms with van der Waals surface area (Å²) in [5.41, 5.74) is 11.3. The highest BCUT2D eigenvalue weighted by Crippen LogP contribution is 2.46. The van der Waals surface area contributed by atoms with Crippen molar-refractivity contribution in [2.24, 2.45) is 0 Å². The van der Waals surface area contributed by atoms with Gasteiger partial charge in [-0.1, -0.05) is 249 Å². The molecule has 0 fully saturated rings. The van der Waals surface area contributed by atoms with E-state index in [4.69, 9.17) is 0 Å². The summed E-state index contributed by atoms with van der Waals surface area (Å²) in [6.07, 6.45) is 0. The van der Waals surface area contributed by atoms with Gasteiger partial charge in [-0.15, -0.1) is 0 Å². The first kappa shape index (κ1) is 50.3. The van der Waals surface area contributed by atoms with E-state index in [0.29, 0.717) is 0 Å². The molecule has 20 aromatic rings. The molecule has 0 atom stereocenters. The fourth-order valence-corrected chi connectivity index (χ4v) is 16.3. The topological polar surface area (TPSA) is 0 Å². The van der Waals surface area contributed by atoms with E-state index in [0.717, 1.165) is 0 Å². The molecule has 20 aromatic carbocycles. The van der Waals surface area contributed by atoms with E-state index >= 15 is 0 Å². The molecule has 0 aromatic heterocycles. The Balaban J connectivity index is 0.667. The van der Waals surface area contributed by atoms with Crippen molar-refractivity contribution >= 4 is 162 Å². The van der Waals surface area contributed by atoms with E-state index in [2.05, 4.69) is 316 Å². The second kappa shape index (κ2) is 19.2. The Morgan fingerprint density at radius 2 is 0.330 bits per heavy atom. The molecule has 0 heterocycles. The average Bonchev–Trinajstić information content (AvgIpc) is 1.47. The van der Waals surface area contributed by atoms with Crippen molar-refractivity contribution in [3.05, 3.63) is 315 Å². The molecule has 91 heavy (non-hydrogen) atoms. The third kappa shape index (κ3) is 7.51. The lowest BCUT2D eigenvalue weighted by molar-refractivity contribution is 1.54. The first-order valence-corrected chi connectivity index (χ1v) is 31.9. The van der Waals surface area contributed by atoms with Crippen molar-refractivity contribution < 1.29 is 0 Å². The first-order chi connectivity index (χ1) is 45.0. The highest BCUT2D eigenvalue weighted by atomic mass is 14.2. The second-order valence-corrected chi connectivity index (χ2v) is 25.4. The predicted octanol–water partition coefficient (Wildman–Crippen LogP) is 26.0. The molecule has 0 saturated heterocycles. The minimum absolute atomic E-state index is 1.23. The first-order valence-electron chi connectivity index (χ1n) is 31.9. The Morgan fingerprint density at radius 1 is 0.121 bits per heavy atom. The second-order valence-electron chi connectivity index (χ2n) is 25.4. The number of benzene rings is 20. The van der Waals surface area contributed by atoms with E-state index < -0.39 is 0 Å². The van der Waals surface area contributed by atoms with Crippen LogP contribution in [-0.4, -0.2) is 0 Å². The molecule has 0 aliphatic carbocycles. The summed E-state index contributed by atoms with van der Waals surface area (Å²) < 4.78 is 0. The zero-order chi connectivity index (χ0) is 59.6. The third-order valence-corrected chi connectivity index (χ3v) is 20.6. The van der Waals surface area contributed by atoms with Crippen LogP contribution in [0, 0.1) is 6.92 Å². The Morgan fingerprint density at radius 3 is 0.659 bits per heavy atom. The summed E-state index contributed by atoms with van der Waals surface area (Å²) in [5, 5.41) is 38.0. The molecule has 0 N–H and O–H groups in total. The van der Waals surface area contributed by atoms with Crippen molar-refractivity contribution in [3.63, 3.8) is 0 Å². The normalized spacial score (nSPS) is 12.2. The number of hydrogen-bond donors (Lipinski definition) is 0. The standard InChI is InChI=1S/C91H54/c1-53-13-4-16-56-46-88-61(45-83(53)56)34-39-78-65(23-8-29-74(78)88)66-24-9-30-75-79(66)40-35-62-50-86-57(47-89(62)75)17-6-21-71(86)68-26-11-32-77-81(68)42-37-64-52-87-59(49-91(64)77)19-7-22-72(87)69-27-12-31-76-82(69)41-36-63-51-85-58(48-90(63)76)18-5-20-70(85)67-25-10-28-73-80(67)38-33-60-43-54-14-2-3-15-55(54)44-84(60)73/h2-52H,1H3. The van der Waals surface area contributed by atoms with Gasteiger partial charge < -0.3 is 0 Å². The van der Waals surface area contributed by atoms with Gasteiger partial charge in [0.1, 0.15) is 0 Å². The number of hydrogen-bond acceptors (Lipinski definition) is 0. The highest BCUT2D eigenvalue weighted by Gasteiger charge is 2.19. The molecule has 0 aliphatic heterocycles. The molecule has 0 unspecified atom stereocenters. The quantitative estimate of drug-likeness (QED) is 0.122. The molecule has 418 valence electrons. The largest absolute Gasteiger partial charge is 0.0616 e. The van der Waals surface area contributed by atoms with Gasteiger partial charge in [0.2, 0.25) is 0 Å². The predicted molar refractivity (Wildman–Crippen MR) is 396 cm³/mol. The van der Waals surface area contributed by atoms with E-state index in [1.54, 1.807) is 0 Å². The van der Waals surface area contributed by atoms with Gasteiger partial charge in [-0.25, -0.2) is 0 Å². The van der Waals surface area contributed by atoms with Gasteiger partial charge in [-0.05, 0) is 279 Å². The molecular weight excluding hydrogens is 1090 g/mol. The minimum Gasteiger partial charge on any atom is -0.0616 e. The molecule has 20 rings (SSSR count). The van der Waals surface area contributed by atoms with E-state index in [1.165, 1.54) is 212 Å². The smallest absolute Gasteiger partial charge is 0.00987 e. The van der Waals surface area contributed by atoms with Crippen LogP contribution >= 0.6 is 0 Å². The average molecular weight is 1150 g/mol. The zero-order valence-corrected chi connectivity index (χ0v) is 49.9. The van der Waals surface area contributed by atoms with Crippen molar-refractivity contribution in [2.45, 2.75) is 6.92 Å². The van der Waals surface area contributed by atoms with Gasteiger partial charge in [-0.2, -0.15) is 0 Å². The summed E-state index contributed by atoms with van der Waals surface area (Å²) in [6.45, 7) is 2.21. The minimum atomic E-state index is 1.23. The highest BCUT2D eigenvalue weighted by molar-refractivity contribution is 6.25. The molecule has 0 aliphatic rings. The Bertz CT molecular complexity index is 6640. The van der Waals surface area contributed by atoms with Crippen LogP contribution in [0.25, 0.3) is 206 Å². The molecular formula is C91H54. The van der Waals surface area contributed by atoms with Crippen molar-refractivity contribution in [2.75, 3.05) is 0 Å². The molecule has 0 bridgehead atoms. The van der Waals surface area contributed by atoms with Crippen LogP contribution in [0.3, 0.4) is 0 Å². The zero-order valence-electron chi connectivity index (χ0n) is 49.9. The van der Waals surface area contributed by atoms with Crippen LogP contribution in [0.1, 0.15) is 5.56 Å². The fourth-order valence-electron chi connectivity index (χ4n) is 16.3. The van der Waals surface area contributed by atoms with Gasteiger partial charge in [0.15, 0.2) is 0 Å². The monoisotopic (exact) mass is 1150 g/mol. The van der Waals surface area contributed by atoms with Gasteiger partial charge in [0, 0.05) is 0 Å². The number of fused-ring (bicyclic) bond motifs is 20. The summed E-state index contributed by atoms with van der Waals surface area (Å²) in [5.74, 6) is 0. The summed E-state index contributed by atoms with van der Waals surface area (Å²) in [4.78, 5) is 0. The fraction of sp³-hybridized carbons (Fsp3) is 0.0110. The molecule has 0 nitrogen and oxygen atoms in total. The van der Waals surface area contributed by atoms with Gasteiger partial charge in [0.25, 0.3) is 0 Å².